The molecule has 0 bridgehead atoms. The Kier molecular flexibility index (Phi) is 4.51. The number of sulfonamides is 1. The van der Waals surface area contributed by atoms with Crippen LogP contribution in [0, 0.1) is 0 Å². The maximum Gasteiger partial charge on any atom is 0.258 e. The van der Waals surface area contributed by atoms with Gasteiger partial charge < -0.3 is 4.57 Å². The predicted octanol–water partition coefficient (Wildman–Crippen LogP) is 2.39. The second-order valence-electron chi connectivity index (χ2n) is 5.32. The molecule has 7 nitrogen and oxygen atoms in total. The van der Waals surface area contributed by atoms with Gasteiger partial charge in [0.25, 0.3) is 5.91 Å². The minimum absolute atomic E-state index is 0.0134. The van der Waals surface area contributed by atoms with Gasteiger partial charge in [0, 0.05) is 17.6 Å². The molecular formula is C16H15ClN4O3S. The van der Waals surface area contributed by atoms with E-state index in [1.165, 1.54) is 31.3 Å². The van der Waals surface area contributed by atoms with Gasteiger partial charge in [-0.1, -0.05) is 17.7 Å². The summed E-state index contributed by atoms with van der Waals surface area (Å²) in [5.74, 6) is -0.123. The molecule has 0 aliphatic heterocycles. The molecule has 3 aromatic rings. The Morgan fingerprint density at radius 1 is 1.20 bits per heavy atom. The minimum Gasteiger partial charge on any atom is -0.313 e. The second-order valence-corrected chi connectivity index (χ2v) is 7.64. The van der Waals surface area contributed by atoms with Crippen molar-refractivity contribution in [1.29, 1.82) is 0 Å². The lowest BCUT2D eigenvalue weighted by atomic mass is 10.2. The Morgan fingerprint density at radius 2 is 1.96 bits per heavy atom. The number of fused-ring (bicyclic) bond motifs is 1. The van der Waals surface area contributed by atoms with E-state index in [0.29, 0.717) is 16.5 Å². The number of carbonyl (C=O) groups is 1. The van der Waals surface area contributed by atoms with Crippen molar-refractivity contribution in [2.75, 3.05) is 12.4 Å². The van der Waals surface area contributed by atoms with Crippen molar-refractivity contribution in [3.8, 4) is 0 Å². The Hall–Kier alpha value is -2.42. The molecule has 3 rings (SSSR count). The molecule has 1 aromatic heterocycles. The molecule has 9 heteroatoms. The molecule has 0 spiro atoms. The Balaban J connectivity index is 1.93. The summed E-state index contributed by atoms with van der Waals surface area (Å²) in [5, 5.41) is 3.24. The first-order valence-corrected chi connectivity index (χ1v) is 9.15. The number of rotatable bonds is 4. The fourth-order valence-electron chi connectivity index (χ4n) is 2.38. The number of anilines is 1. The normalized spacial score (nSPS) is 11.6. The Labute approximate surface area is 149 Å². The smallest absolute Gasteiger partial charge is 0.258 e. The predicted molar refractivity (Wildman–Crippen MR) is 96.4 cm³/mol. The number of aromatic nitrogens is 2. The van der Waals surface area contributed by atoms with Crippen LogP contribution in [0.5, 0.6) is 0 Å². The lowest BCUT2D eigenvalue weighted by Crippen LogP contribution is -2.20. The Bertz CT molecular complexity index is 1080. The van der Waals surface area contributed by atoms with Gasteiger partial charge in [-0.3, -0.25) is 10.1 Å². The third-order valence-corrected chi connectivity index (χ3v) is 5.39. The van der Waals surface area contributed by atoms with Crippen LogP contribution < -0.4 is 10.0 Å². The Morgan fingerprint density at radius 3 is 2.68 bits per heavy atom. The van der Waals surface area contributed by atoms with Crippen molar-refractivity contribution in [3.05, 3.63) is 53.1 Å². The molecule has 1 heterocycles. The third kappa shape index (κ3) is 3.37. The molecule has 0 saturated heterocycles. The number of benzene rings is 2. The number of carbonyl (C=O) groups excluding carboxylic acids is 1. The van der Waals surface area contributed by atoms with Crippen LogP contribution in [-0.4, -0.2) is 30.9 Å². The zero-order chi connectivity index (χ0) is 18.2. The van der Waals surface area contributed by atoms with Crippen LogP contribution in [0.25, 0.3) is 11.0 Å². The lowest BCUT2D eigenvalue weighted by molar-refractivity contribution is 0.102. The average Bonchev–Trinajstić information content (AvgIpc) is 2.90. The van der Waals surface area contributed by atoms with Crippen molar-refractivity contribution < 1.29 is 13.2 Å². The van der Waals surface area contributed by atoms with E-state index >= 15 is 0 Å². The van der Waals surface area contributed by atoms with Crippen LogP contribution >= 0.6 is 11.6 Å². The van der Waals surface area contributed by atoms with Crippen LogP contribution in [0.2, 0.25) is 5.02 Å². The van der Waals surface area contributed by atoms with E-state index in [2.05, 4.69) is 15.0 Å². The molecule has 0 saturated carbocycles. The van der Waals surface area contributed by atoms with Crippen molar-refractivity contribution >= 4 is 44.5 Å². The highest BCUT2D eigenvalue weighted by Gasteiger charge is 2.16. The molecule has 2 N–H and O–H groups in total. The number of hydrogen-bond donors (Lipinski definition) is 2. The van der Waals surface area contributed by atoms with E-state index in [9.17, 15) is 13.2 Å². The van der Waals surface area contributed by atoms with E-state index in [4.69, 9.17) is 11.6 Å². The van der Waals surface area contributed by atoms with Crippen molar-refractivity contribution in [2.24, 2.45) is 7.05 Å². The molecule has 0 unspecified atom stereocenters. The van der Waals surface area contributed by atoms with Crippen LogP contribution in [0.4, 0.5) is 5.95 Å². The standard InChI is InChI=1S/C16H15ClN4O3S/c1-18-25(23,24)12-5-3-4-10(8-12)15(22)20-16-19-13-9-11(17)6-7-14(13)21(16)2/h3-9,18H,1-2H3,(H,19,20,22). The molecule has 130 valence electrons. The fraction of sp³-hybridized carbons (Fsp3) is 0.125. The zero-order valence-corrected chi connectivity index (χ0v) is 15.0. The van der Waals surface area contributed by atoms with Crippen LogP contribution in [0.1, 0.15) is 10.4 Å². The third-order valence-electron chi connectivity index (χ3n) is 3.74. The monoisotopic (exact) mass is 378 g/mol. The molecule has 25 heavy (non-hydrogen) atoms. The molecule has 0 aliphatic rings. The maximum atomic E-state index is 12.5. The molecule has 0 radical (unpaired) electrons. The van der Waals surface area contributed by atoms with Crippen LogP contribution in [0.15, 0.2) is 47.4 Å². The van der Waals surface area contributed by atoms with E-state index < -0.39 is 15.9 Å². The number of aryl methyl sites for hydroxylation is 1. The minimum atomic E-state index is -3.63. The number of hydrogen-bond acceptors (Lipinski definition) is 4. The van der Waals surface area contributed by atoms with E-state index in [0.717, 1.165) is 5.52 Å². The SMILES string of the molecule is CNS(=O)(=O)c1cccc(C(=O)Nc2nc3cc(Cl)ccc3n2C)c1. The summed E-state index contributed by atoms with van der Waals surface area (Å²) in [5.41, 5.74) is 1.67. The zero-order valence-electron chi connectivity index (χ0n) is 13.4. The lowest BCUT2D eigenvalue weighted by Gasteiger charge is -2.07. The summed E-state index contributed by atoms with van der Waals surface area (Å²) < 4.78 is 27.7. The highest BCUT2D eigenvalue weighted by atomic mass is 35.5. The topological polar surface area (TPSA) is 93.1 Å². The number of halogens is 1. The summed E-state index contributed by atoms with van der Waals surface area (Å²) >= 11 is 5.96. The van der Waals surface area contributed by atoms with Gasteiger partial charge in [0.1, 0.15) is 0 Å². The molecule has 1 amide bonds. The number of nitrogens with zero attached hydrogens (tertiary/aromatic N) is 2. The van der Waals surface area contributed by atoms with Gasteiger partial charge in [0.15, 0.2) is 0 Å². The first-order valence-electron chi connectivity index (χ1n) is 7.29. The van der Waals surface area contributed by atoms with Gasteiger partial charge in [-0.05, 0) is 43.4 Å². The van der Waals surface area contributed by atoms with E-state index in [1.54, 1.807) is 29.8 Å². The van der Waals surface area contributed by atoms with Crippen LogP contribution in [-0.2, 0) is 17.1 Å². The highest BCUT2D eigenvalue weighted by molar-refractivity contribution is 7.89. The van der Waals surface area contributed by atoms with Crippen molar-refractivity contribution in [2.45, 2.75) is 4.90 Å². The summed E-state index contributed by atoms with van der Waals surface area (Å²) in [7, 11) is -0.549. The average molecular weight is 379 g/mol. The van der Waals surface area contributed by atoms with Gasteiger partial charge in [0.05, 0.1) is 15.9 Å². The van der Waals surface area contributed by atoms with Gasteiger partial charge in [0.2, 0.25) is 16.0 Å². The summed E-state index contributed by atoms with van der Waals surface area (Å²) in [6, 6.07) is 11.0. The quantitative estimate of drug-likeness (QED) is 0.729. The van der Waals surface area contributed by atoms with Gasteiger partial charge >= 0.3 is 0 Å². The van der Waals surface area contributed by atoms with Crippen molar-refractivity contribution in [1.82, 2.24) is 14.3 Å². The van der Waals surface area contributed by atoms with Crippen molar-refractivity contribution in [3.63, 3.8) is 0 Å². The van der Waals surface area contributed by atoms with Crippen LogP contribution in [0.3, 0.4) is 0 Å². The first kappa shape index (κ1) is 17.4. The second kappa shape index (κ2) is 6.47. The highest BCUT2D eigenvalue weighted by Crippen LogP contribution is 2.22. The van der Waals surface area contributed by atoms with E-state index in [-0.39, 0.29) is 10.5 Å². The molecule has 0 atom stereocenters. The van der Waals surface area contributed by atoms with E-state index in [1.807, 2.05) is 0 Å². The molecular weight excluding hydrogens is 364 g/mol. The molecule has 0 fully saturated rings. The number of nitrogens with one attached hydrogen (secondary N) is 2. The van der Waals surface area contributed by atoms with Gasteiger partial charge in [-0.15, -0.1) is 0 Å². The maximum absolute atomic E-state index is 12.5. The summed E-state index contributed by atoms with van der Waals surface area (Å²) in [6.07, 6.45) is 0. The van der Waals surface area contributed by atoms with Gasteiger partial charge in [-0.25, -0.2) is 18.1 Å². The summed E-state index contributed by atoms with van der Waals surface area (Å²) in [6.45, 7) is 0. The first-order chi connectivity index (χ1) is 11.8. The molecule has 0 aliphatic carbocycles. The number of amides is 1. The van der Waals surface area contributed by atoms with Gasteiger partial charge in [-0.2, -0.15) is 0 Å². The largest absolute Gasteiger partial charge is 0.313 e. The summed E-state index contributed by atoms with van der Waals surface area (Å²) in [4.78, 5) is 16.8. The molecule has 2 aromatic carbocycles. The fourth-order valence-corrected chi connectivity index (χ4v) is 3.32. The number of imidazole rings is 1.